The predicted molar refractivity (Wildman–Crippen MR) is 110 cm³/mol. The number of aromatic hydroxyl groups is 1. The predicted octanol–water partition coefficient (Wildman–Crippen LogP) is 3.13. The second-order valence-corrected chi connectivity index (χ2v) is 6.36. The molecule has 148 valence electrons. The fraction of sp³-hybridized carbons (Fsp3) is 0.130. The number of nitrogens with one attached hydrogen (secondary N) is 2. The Morgan fingerprint density at radius 2 is 1.24 bits per heavy atom. The van der Waals surface area contributed by atoms with E-state index in [1.807, 2.05) is 42.5 Å². The third-order valence-corrected chi connectivity index (χ3v) is 4.19. The number of phenolic OH excluding ortho intramolecular Hbond substituents is 1. The summed E-state index contributed by atoms with van der Waals surface area (Å²) >= 11 is 0. The number of amides is 2. The first-order valence-electron chi connectivity index (χ1n) is 9.24. The van der Waals surface area contributed by atoms with E-state index in [-0.39, 0.29) is 17.6 Å². The molecular formula is C23H22N2O4. The summed E-state index contributed by atoms with van der Waals surface area (Å²) in [5, 5.41) is 14.7. The van der Waals surface area contributed by atoms with Crippen LogP contribution in [0.1, 0.15) is 26.3 Å². The molecule has 0 atom stereocenters. The zero-order valence-corrected chi connectivity index (χ0v) is 15.8. The second-order valence-electron chi connectivity index (χ2n) is 6.36. The molecular weight excluding hydrogens is 368 g/mol. The molecule has 0 fully saturated rings. The first kappa shape index (κ1) is 19.9. The highest BCUT2D eigenvalue weighted by Crippen LogP contribution is 2.12. The maximum atomic E-state index is 12.2. The summed E-state index contributed by atoms with van der Waals surface area (Å²) in [4.78, 5) is 24.2. The lowest BCUT2D eigenvalue weighted by Gasteiger charge is -2.09. The number of hydrogen-bond donors (Lipinski definition) is 3. The number of phenols is 1. The van der Waals surface area contributed by atoms with E-state index in [0.717, 1.165) is 11.3 Å². The number of carbonyl (C=O) groups is 2. The molecule has 29 heavy (non-hydrogen) atoms. The van der Waals surface area contributed by atoms with E-state index in [9.17, 15) is 14.7 Å². The molecule has 3 aromatic rings. The summed E-state index contributed by atoms with van der Waals surface area (Å²) in [6.45, 7) is 1.03. The van der Waals surface area contributed by atoms with Crippen LogP contribution in [0.3, 0.4) is 0 Å². The van der Waals surface area contributed by atoms with Crippen LogP contribution >= 0.6 is 0 Å². The van der Waals surface area contributed by atoms with Gasteiger partial charge in [0.2, 0.25) is 0 Å². The fourth-order valence-corrected chi connectivity index (χ4v) is 2.60. The molecule has 2 amide bonds. The van der Waals surface area contributed by atoms with Crippen molar-refractivity contribution >= 4 is 11.8 Å². The van der Waals surface area contributed by atoms with E-state index < -0.39 is 0 Å². The molecule has 0 heterocycles. The summed E-state index contributed by atoms with van der Waals surface area (Å²) in [6, 6.07) is 22.7. The molecule has 6 nitrogen and oxygen atoms in total. The van der Waals surface area contributed by atoms with Gasteiger partial charge in [0.05, 0.1) is 0 Å². The molecule has 0 spiro atoms. The topological polar surface area (TPSA) is 87.7 Å². The van der Waals surface area contributed by atoms with E-state index in [4.69, 9.17) is 4.74 Å². The van der Waals surface area contributed by atoms with Gasteiger partial charge in [-0.1, -0.05) is 30.3 Å². The minimum Gasteiger partial charge on any atom is -0.508 e. The SMILES string of the molecule is O=C(NCCNC(=O)c1ccc(COc2ccccc2)cc1)c1ccc(O)cc1. The Hall–Kier alpha value is -3.80. The number of ether oxygens (including phenoxy) is 1. The highest BCUT2D eigenvalue weighted by molar-refractivity contribution is 5.95. The minimum absolute atomic E-state index is 0.103. The van der Waals surface area contributed by atoms with Gasteiger partial charge in [-0.2, -0.15) is 0 Å². The number of benzene rings is 3. The average molecular weight is 390 g/mol. The Labute approximate surface area is 169 Å². The lowest BCUT2D eigenvalue weighted by molar-refractivity contribution is 0.0927. The van der Waals surface area contributed by atoms with Crippen LogP contribution in [0.25, 0.3) is 0 Å². The molecule has 0 aromatic heterocycles. The highest BCUT2D eigenvalue weighted by atomic mass is 16.5. The summed E-state index contributed by atoms with van der Waals surface area (Å²) in [6.07, 6.45) is 0. The molecule has 3 N–H and O–H groups in total. The maximum Gasteiger partial charge on any atom is 0.251 e. The van der Waals surface area contributed by atoms with Gasteiger partial charge in [0.15, 0.2) is 0 Å². The van der Waals surface area contributed by atoms with Crippen molar-refractivity contribution in [3.63, 3.8) is 0 Å². The number of carbonyl (C=O) groups excluding carboxylic acids is 2. The Morgan fingerprint density at radius 1 is 0.724 bits per heavy atom. The van der Waals surface area contributed by atoms with Crippen LogP contribution in [0.5, 0.6) is 11.5 Å². The first-order valence-corrected chi connectivity index (χ1v) is 9.24. The quantitative estimate of drug-likeness (QED) is 0.516. The Bertz CT molecular complexity index is 939. The van der Waals surface area contributed by atoms with E-state index >= 15 is 0 Å². The van der Waals surface area contributed by atoms with Crippen LogP contribution in [0, 0.1) is 0 Å². The molecule has 3 aromatic carbocycles. The summed E-state index contributed by atoms with van der Waals surface area (Å²) in [7, 11) is 0. The van der Waals surface area contributed by atoms with Crippen LogP contribution in [0.2, 0.25) is 0 Å². The molecule has 0 radical (unpaired) electrons. The maximum absolute atomic E-state index is 12.2. The third-order valence-electron chi connectivity index (χ3n) is 4.19. The third kappa shape index (κ3) is 6.10. The van der Waals surface area contributed by atoms with Crippen molar-refractivity contribution in [3.05, 3.63) is 95.6 Å². The monoisotopic (exact) mass is 390 g/mol. The van der Waals surface area contributed by atoms with Gasteiger partial charge < -0.3 is 20.5 Å². The van der Waals surface area contributed by atoms with Gasteiger partial charge in [-0.05, 0) is 54.1 Å². The molecule has 0 aliphatic rings. The van der Waals surface area contributed by atoms with Crippen LogP contribution in [0.4, 0.5) is 0 Å². The van der Waals surface area contributed by atoms with Gasteiger partial charge in [-0.3, -0.25) is 9.59 Å². The second kappa shape index (κ2) is 9.94. The van der Waals surface area contributed by atoms with Gasteiger partial charge in [-0.15, -0.1) is 0 Å². The minimum atomic E-state index is -0.262. The van der Waals surface area contributed by atoms with Gasteiger partial charge >= 0.3 is 0 Å². The Kier molecular flexibility index (Phi) is 6.84. The van der Waals surface area contributed by atoms with Crippen molar-refractivity contribution in [2.24, 2.45) is 0 Å². The van der Waals surface area contributed by atoms with Crippen LogP contribution in [-0.2, 0) is 6.61 Å². The molecule has 0 bridgehead atoms. The summed E-state index contributed by atoms with van der Waals surface area (Å²) < 4.78 is 5.68. The molecule has 0 unspecified atom stereocenters. The van der Waals surface area contributed by atoms with Crippen LogP contribution in [-0.4, -0.2) is 30.0 Å². The van der Waals surface area contributed by atoms with Crippen molar-refractivity contribution in [2.75, 3.05) is 13.1 Å². The molecule has 3 rings (SSSR count). The fourth-order valence-electron chi connectivity index (χ4n) is 2.60. The van der Waals surface area contributed by atoms with Gasteiger partial charge in [-0.25, -0.2) is 0 Å². The molecule has 0 aliphatic carbocycles. The Morgan fingerprint density at radius 3 is 1.79 bits per heavy atom. The van der Waals surface area contributed by atoms with Crippen molar-refractivity contribution in [3.8, 4) is 11.5 Å². The van der Waals surface area contributed by atoms with Crippen molar-refractivity contribution < 1.29 is 19.4 Å². The normalized spacial score (nSPS) is 10.2. The van der Waals surface area contributed by atoms with Gasteiger partial charge in [0.25, 0.3) is 11.8 Å². The van der Waals surface area contributed by atoms with E-state index in [1.165, 1.54) is 24.3 Å². The zero-order valence-electron chi connectivity index (χ0n) is 15.8. The van der Waals surface area contributed by atoms with E-state index in [0.29, 0.717) is 30.8 Å². The standard InChI is InChI=1S/C23H22N2O4/c26-20-12-10-19(11-13-20)23(28)25-15-14-24-22(27)18-8-6-17(7-9-18)16-29-21-4-2-1-3-5-21/h1-13,26H,14-16H2,(H,24,27)(H,25,28). The number of hydrogen-bond acceptors (Lipinski definition) is 4. The molecule has 0 aliphatic heterocycles. The summed E-state index contributed by atoms with van der Waals surface area (Å²) in [5.41, 5.74) is 1.95. The van der Waals surface area contributed by atoms with Crippen molar-refractivity contribution in [1.82, 2.24) is 10.6 Å². The molecule has 6 heteroatoms. The lowest BCUT2D eigenvalue weighted by atomic mass is 10.1. The number of rotatable bonds is 8. The van der Waals surface area contributed by atoms with Crippen LogP contribution in [0.15, 0.2) is 78.9 Å². The smallest absolute Gasteiger partial charge is 0.251 e. The van der Waals surface area contributed by atoms with Gasteiger partial charge in [0.1, 0.15) is 18.1 Å². The van der Waals surface area contributed by atoms with Crippen molar-refractivity contribution in [2.45, 2.75) is 6.61 Å². The van der Waals surface area contributed by atoms with Gasteiger partial charge in [0, 0.05) is 24.2 Å². The summed E-state index contributed by atoms with van der Waals surface area (Å²) in [5.74, 6) is 0.427. The average Bonchev–Trinajstić information content (AvgIpc) is 2.76. The zero-order chi connectivity index (χ0) is 20.5. The first-order chi connectivity index (χ1) is 14.1. The van der Waals surface area contributed by atoms with Crippen molar-refractivity contribution in [1.29, 1.82) is 0 Å². The Balaban J connectivity index is 1.40. The highest BCUT2D eigenvalue weighted by Gasteiger charge is 2.07. The molecule has 0 saturated heterocycles. The van der Waals surface area contributed by atoms with E-state index in [2.05, 4.69) is 10.6 Å². The van der Waals surface area contributed by atoms with Crippen LogP contribution < -0.4 is 15.4 Å². The lowest BCUT2D eigenvalue weighted by Crippen LogP contribution is -2.34. The number of para-hydroxylation sites is 1. The van der Waals surface area contributed by atoms with E-state index in [1.54, 1.807) is 12.1 Å². The largest absolute Gasteiger partial charge is 0.508 e. The molecule has 0 saturated carbocycles.